The predicted octanol–water partition coefficient (Wildman–Crippen LogP) is -0.414. The normalized spacial score (nSPS) is 34.6. The van der Waals surface area contributed by atoms with E-state index in [1.54, 1.807) is 6.07 Å². The van der Waals surface area contributed by atoms with Crippen molar-refractivity contribution in [3.63, 3.8) is 0 Å². The first-order valence-corrected chi connectivity index (χ1v) is 6.50. The van der Waals surface area contributed by atoms with Crippen LogP contribution in [-0.2, 0) is 15.0 Å². The van der Waals surface area contributed by atoms with E-state index in [2.05, 4.69) is 21.5 Å². The fourth-order valence-electron chi connectivity index (χ4n) is 3.60. The third-order valence-corrected chi connectivity index (χ3v) is 4.49. The molecular weight excluding hydrogens is 263 g/mol. The molecule has 2 amide bonds. The van der Waals surface area contributed by atoms with Crippen molar-refractivity contribution in [3.8, 4) is 0 Å². The summed E-state index contributed by atoms with van der Waals surface area (Å²) in [6, 6.07) is 4.22. The molecule has 2 saturated heterocycles. The summed E-state index contributed by atoms with van der Waals surface area (Å²) < 4.78 is 13.6. The van der Waals surface area contributed by atoms with Gasteiger partial charge in [0, 0.05) is 24.6 Å². The molecule has 3 aliphatic rings. The molecule has 3 atom stereocenters. The molecule has 3 aliphatic heterocycles. The summed E-state index contributed by atoms with van der Waals surface area (Å²) in [6.07, 6.45) is -0.281. The number of hydrogen-bond donors (Lipinski definition) is 4. The number of carbonyl (C=O) groups is 2. The molecule has 4 N–H and O–H groups in total. The minimum absolute atomic E-state index is 0.0415. The Morgan fingerprint density at radius 1 is 1.30 bits per heavy atom. The summed E-state index contributed by atoms with van der Waals surface area (Å²) >= 11 is 0. The Balaban J connectivity index is 1.92. The maximum Gasteiger partial charge on any atom is 0.236 e. The zero-order valence-electron chi connectivity index (χ0n) is 10.5. The van der Waals surface area contributed by atoms with Gasteiger partial charge in [-0.1, -0.05) is 0 Å². The summed E-state index contributed by atoms with van der Waals surface area (Å²) in [5.41, 5.74) is 6.09. The van der Waals surface area contributed by atoms with Gasteiger partial charge in [-0.25, -0.2) is 9.82 Å². The van der Waals surface area contributed by atoms with Gasteiger partial charge < -0.3 is 10.6 Å². The second kappa shape index (κ2) is 3.77. The van der Waals surface area contributed by atoms with E-state index in [-0.39, 0.29) is 30.3 Å². The average molecular weight is 276 g/mol. The molecule has 7 heteroatoms. The van der Waals surface area contributed by atoms with Gasteiger partial charge in [0.25, 0.3) is 0 Å². The second-order valence-corrected chi connectivity index (χ2v) is 5.47. The fourth-order valence-corrected chi connectivity index (χ4v) is 3.60. The Morgan fingerprint density at radius 3 is 3.00 bits per heavy atom. The number of amides is 2. The minimum Gasteiger partial charge on any atom is -0.339 e. The molecule has 1 aromatic carbocycles. The van der Waals surface area contributed by atoms with Gasteiger partial charge in [-0.2, -0.15) is 0 Å². The first-order valence-electron chi connectivity index (χ1n) is 6.50. The van der Waals surface area contributed by atoms with Crippen molar-refractivity contribution in [3.05, 3.63) is 29.6 Å². The summed E-state index contributed by atoms with van der Waals surface area (Å²) in [5.74, 6) is -0.993. The Labute approximate surface area is 114 Å². The monoisotopic (exact) mass is 276 g/mol. The fraction of sp³-hybridized carbons (Fsp3) is 0.385. The molecular formula is C13H13FN4O2. The van der Waals surface area contributed by atoms with Crippen LogP contribution in [-0.4, -0.2) is 24.5 Å². The summed E-state index contributed by atoms with van der Waals surface area (Å²) in [6.45, 7) is 0.536. The van der Waals surface area contributed by atoms with Gasteiger partial charge in [-0.05, 0) is 23.8 Å². The lowest BCUT2D eigenvalue weighted by Gasteiger charge is -2.40. The molecule has 1 spiro atoms. The number of piperidine rings is 1. The zero-order chi connectivity index (χ0) is 13.9. The van der Waals surface area contributed by atoms with Gasteiger partial charge in [0.1, 0.15) is 5.82 Å². The van der Waals surface area contributed by atoms with Crippen molar-refractivity contribution in [1.29, 1.82) is 0 Å². The highest BCUT2D eigenvalue weighted by Gasteiger charge is 2.59. The summed E-state index contributed by atoms with van der Waals surface area (Å²) in [4.78, 5) is 24.5. The van der Waals surface area contributed by atoms with Gasteiger partial charge in [0.2, 0.25) is 11.8 Å². The van der Waals surface area contributed by atoms with Crippen molar-refractivity contribution < 1.29 is 14.0 Å². The number of fused-ring (bicyclic) bond motifs is 4. The van der Waals surface area contributed by atoms with Crippen LogP contribution in [0.25, 0.3) is 0 Å². The molecule has 4 rings (SSSR count). The van der Waals surface area contributed by atoms with Gasteiger partial charge in [-0.3, -0.25) is 15.0 Å². The van der Waals surface area contributed by atoms with Gasteiger partial charge in [0.15, 0.2) is 0 Å². The molecule has 2 fully saturated rings. The number of hydrogen-bond acceptors (Lipinski definition) is 4. The topological polar surface area (TPSA) is 82.3 Å². The molecule has 6 nitrogen and oxygen atoms in total. The Bertz CT molecular complexity index is 635. The smallest absolute Gasteiger partial charge is 0.236 e. The lowest BCUT2D eigenvalue weighted by atomic mass is 9.66. The van der Waals surface area contributed by atoms with Crippen LogP contribution in [0.4, 0.5) is 10.1 Å². The van der Waals surface area contributed by atoms with E-state index in [1.807, 2.05) is 0 Å². The number of hydrazine groups is 1. The molecule has 3 heterocycles. The van der Waals surface area contributed by atoms with Crippen LogP contribution >= 0.6 is 0 Å². The number of rotatable bonds is 0. The maximum absolute atomic E-state index is 13.6. The molecule has 0 aromatic heterocycles. The number of nitrogens with one attached hydrogen (secondary N) is 4. The van der Waals surface area contributed by atoms with Crippen LogP contribution < -0.4 is 21.5 Å². The van der Waals surface area contributed by atoms with Crippen molar-refractivity contribution in [2.75, 3.05) is 11.9 Å². The largest absolute Gasteiger partial charge is 0.339 e. The van der Waals surface area contributed by atoms with Crippen molar-refractivity contribution in [2.45, 2.75) is 18.0 Å². The minimum atomic E-state index is -0.999. The predicted molar refractivity (Wildman–Crippen MR) is 67.9 cm³/mol. The van der Waals surface area contributed by atoms with Crippen LogP contribution in [0.15, 0.2) is 18.2 Å². The third kappa shape index (κ3) is 1.33. The second-order valence-electron chi connectivity index (χ2n) is 5.47. The van der Waals surface area contributed by atoms with E-state index in [0.29, 0.717) is 17.8 Å². The van der Waals surface area contributed by atoms with E-state index < -0.39 is 11.2 Å². The first-order chi connectivity index (χ1) is 9.61. The van der Waals surface area contributed by atoms with Crippen molar-refractivity contribution >= 4 is 17.5 Å². The number of anilines is 1. The first kappa shape index (κ1) is 11.8. The van der Waals surface area contributed by atoms with Crippen LogP contribution in [0.5, 0.6) is 0 Å². The molecule has 0 aliphatic carbocycles. The number of carbonyl (C=O) groups excluding carboxylic acids is 2. The molecule has 1 aromatic rings. The summed E-state index contributed by atoms with van der Waals surface area (Å²) in [5, 5.41) is 5.59. The molecule has 0 bridgehead atoms. The van der Waals surface area contributed by atoms with Crippen molar-refractivity contribution in [1.82, 2.24) is 16.2 Å². The Hall–Kier alpha value is -1.99. The standard InChI is InChI=1S/C13H13FN4O2/c14-6-1-2-9-7(3-6)13(12(20)16-9)4-10(19)17-11-8(13)5-15-18-11/h1-3,8,11,15,18H,4-5H2,(H,16,20)(H,17,19). The van der Waals surface area contributed by atoms with E-state index in [1.165, 1.54) is 12.1 Å². The molecule has 20 heavy (non-hydrogen) atoms. The van der Waals surface area contributed by atoms with Crippen LogP contribution in [0.1, 0.15) is 12.0 Å². The Kier molecular flexibility index (Phi) is 2.22. The van der Waals surface area contributed by atoms with Crippen LogP contribution in [0.3, 0.4) is 0 Å². The highest BCUT2D eigenvalue weighted by molar-refractivity contribution is 6.09. The quantitative estimate of drug-likeness (QED) is 0.519. The van der Waals surface area contributed by atoms with Gasteiger partial charge >= 0.3 is 0 Å². The van der Waals surface area contributed by atoms with Gasteiger partial charge in [0.05, 0.1) is 11.6 Å². The van der Waals surface area contributed by atoms with Crippen molar-refractivity contribution in [2.24, 2.45) is 5.92 Å². The van der Waals surface area contributed by atoms with E-state index in [0.717, 1.165) is 0 Å². The number of halogens is 1. The average Bonchev–Trinajstić information content (AvgIpc) is 2.96. The molecule has 104 valence electrons. The lowest BCUT2D eigenvalue weighted by molar-refractivity contribution is -0.134. The molecule has 0 radical (unpaired) electrons. The van der Waals surface area contributed by atoms with Gasteiger partial charge in [-0.15, -0.1) is 0 Å². The maximum atomic E-state index is 13.6. The van der Waals surface area contributed by atoms with E-state index >= 15 is 0 Å². The summed E-state index contributed by atoms with van der Waals surface area (Å²) in [7, 11) is 0. The van der Waals surface area contributed by atoms with E-state index in [9.17, 15) is 14.0 Å². The third-order valence-electron chi connectivity index (χ3n) is 4.49. The highest BCUT2D eigenvalue weighted by atomic mass is 19.1. The molecule has 0 saturated carbocycles. The number of benzene rings is 1. The van der Waals surface area contributed by atoms with Crippen LogP contribution in [0.2, 0.25) is 0 Å². The van der Waals surface area contributed by atoms with Crippen LogP contribution in [0, 0.1) is 11.7 Å². The zero-order valence-corrected chi connectivity index (χ0v) is 10.5. The SMILES string of the molecule is O=C1CC2(C(=O)Nc3ccc(F)cc32)C2CNNC2N1. The molecule has 3 unspecified atom stereocenters. The highest BCUT2D eigenvalue weighted by Crippen LogP contribution is 2.48. The van der Waals surface area contributed by atoms with E-state index in [4.69, 9.17) is 0 Å². The Morgan fingerprint density at radius 2 is 2.15 bits per heavy atom. The lowest BCUT2D eigenvalue weighted by Crippen LogP contribution is -2.61.